The lowest BCUT2D eigenvalue weighted by Gasteiger charge is -2.08. The molecule has 16 heavy (non-hydrogen) atoms. The molecular weight excluding hydrogens is 224 g/mol. The van der Waals surface area contributed by atoms with Crippen LogP contribution in [0.4, 0.5) is 0 Å². The molecule has 4 nitrogen and oxygen atoms in total. The van der Waals surface area contributed by atoms with Gasteiger partial charge in [0, 0.05) is 12.5 Å². The van der Waals surface area contributed by atoms with Crippen molar-refractivity contribution in [2.45, 2.75) is 19.3 Å². The van der Waals surface area contributed by atoms with Crippen molar-refractivity contribution >= 4 is 17.2 Å². The van der Waals surface area contributed by atoms with Crippen molar-refractivity contribution in [1.29, 1.82) is 0 Å². The highest BCUT2D eigenvalue weighted by Crippen LogP contribution is 2.26. The number of halogens is 1. The van der Waals surface area contributed by atoms with Crippen LogP contribution in [0.3, 0.4) is 0 Å². The second-order valence-corrected chi connectivity index (χ2v) is 4.59. The maximum atomic E-state index is 5.93. The third kappa shape index (κ3) is 1.49. The van der Waals surface area contributed by atoms with E-state index in [0.29, 0.717) is 11.1 Å². The highest BCUT2D eigenvalue weighted by Gasteiger charge is 2.23. The molecular formula is C11H13ClN4. The zero-order valence-corrected chi connectivity index (χ0v) is 9.83. The van der Waals surface area contributed by atoms with Gasteiger partial charge in [0.05, 0.1) is 11.4 Å². The van der Waals surface area contributed by atoms with Crippen LogP contribution in [0, 0.1) is 6.92 Å². The monoisotopic (exact) mass is 236 g/mol. The van der Waals surface area contributed by atoms with Gasteiger partial charge >= 0.3 is 0 Å². The first kappa shape index (κ1) is 10.1. The summed E-state index contributed by atoms with van der Waals surface area (Å²) in [5.41, 5.74) is 3.13. The van der Waals surface area contributed by atoms with E-state index in [2.05, 4.69) is 15.4 Å². The molecule has 0 amide bonds. The lowest BCUT2D eigenvalue weighted by atomic mass is 10.0. The van der Waals surface area contributed by atoms with Gasteiger partial charge in [-0.1, -0.05) is 11.6 Å². The molecule has 2 aromatic rings. The van der Waals surface area contributed by atoms with Crippen molar-refractivity contribution in [2.75, 3.05) is 13.1 Å². The molecule has 3 heterocycles. The van der Waals surface area contributed by atoms with E-state index in [4.69, 9.17) is 11.6 Å². The molecule has 2 aromatic heterocycles. The Morgan fingerprint density at radius 2 is 2.38 bits per heavy atom. The zero-order chi connectivity index (χ0) is 11.1. The number of hydrogen-bond donors (Lipinski definition) is 1. The van der Waals surface area contributed by atoms with Gasteiger partial charge in [-0.3, -0.25) is 0 Å². The molecule has 0 bridgehead atoms. The van der Waals surface area contributed by atoms with Crippen molar-refractivity contribution in [3.8, 4) is 0 Å². The van der Waals surface area contributed by atoms with Crippen molar-refractivity contribution in [3.05, 3.63) is 28.7 Å². The normalized spacial score (nSPS) is 20.8. The predicted octanol–water partition coefficient (Wildman–Crippen LogP) is 1.77. The second-order valence-electron chi connectivity index (χ2n) is 4.20. The summed E-state index contributed by atoms with van der Waals surface area (Å²) in [6.45, 7) is 4.11. The van der Waals surface area contributed by atoms with E-state index < -0.39 is 0 Å². The molecule has 1 saturated heterocycles. The van der Waals surface area contributed by atoms with Gasteiger partial charge < -0.3 is 5.32 Å². The van der Waals surface area contributed by atoms with Crippen LogP contribution in [0.15, 0.2) is 12.1 Å². The average Bonchev–Trinajstić information content (AvgIpc) is 2.83. The standard InChI is InChI=1S/C11H13ClN4/c1-7-11(8-4-5-13-6-8)16-10(14-7)3-2-9(12)15-16/h2-3,8,13H,4-6H2,1H3. The van der Waals surface area contributed by atoms with Gasteiger partial charge in [-0.15, -0.1) is 0 Å². The summed E-state index contributed by atoms with van der Waals surface area (Å²) >= 11 is 5.93. The second kappa shape index (κ2) is 3.71. The molecule has 0 aromatic carbocycles. The number of aromatic nitrogens is 3. The molecule has 1 atom stereocenters. The summed E-state index contributed by atoms with van der Waals surface area (Å²) in [4.78, 5) is 4.51. The van der Waals surface area contributed by atoms with Crippen LogP contribution in [0.1, 0.15) is 23.7 Å². The van der Waals surface area contributed by atoms with Crippen LogP contribution in [0.2, 0.25) is 5.15 Å². The van der Waals surface area contributed by atoms with E-state index in [0.717, 1.165) is 30.9 Å². The van der Waals surface area contributed by atoms with E-state index in [1.165, 1.54) is 5.69 Å². The van der Waals surface area contributed by atoms with Gasteiger partial charge in [0.25, 0.3) is 0 Å². The van der Waals surface area contributed by atoms with E-state index in [-0.39, 0.29) is 0 Å². The summed E-state index contributed by atoms with van der Waals surface area (Å²) in [6.07, 6.45) is 1.14. The molecule has 1 aliphatic rings. The average molecular weight is 237 g/mol. The maximum Gasteiger partial charge on any atom is 0.154 e. The molecule has 1 unspecified atom stereocenters. The Morgan fingerprint density at radius 1 is 1.50 bits per heavy atom. The third-order valence-electron chi connectivity index (χ3n) is 3.11. The van der Waals surface area contributed by atoms with Gasteiger partial charge in [0.2, 0.25) is 0 Å². The Labute approximate surface area is 98.6 Å². The summed E-state index contributed by atoms with van der Waals surface area (Å²) in [7, 11) is 0. The number of nitrogens with zero attached hydrogens (tertiary/aromatic N) is 3. The summed E-state index contributed by atoms with van der Waals surface area (Å²) < 4.78 is 1.88. The lowest BCUT2D eigenvalue weighted by molar-refractivity contribution is 0.692. The summed E-state index contributed by atoms with van der Waals surface area (Å²) in [5.74, 6) is 0.501. The molecule has 1 fully saturated rings. The van der Waals surface area contributed by atoms with Crippen molar-refractivity contribution in [3.63, 3.8) is 0 Å². The number of nitrogens with one attached hydrogen (secondary N) is 1. The molecule has 1 aliphatic heterocycles. The van der Waals surface area contributed by atoms with Crippen LogP contribution in [0.5, 0.6) is 0 Å². The highest BCUT2D eigenvalue weighted by molar-refractivity contribution is 6.29. The highest BCUT2D eigenvalue weighted by atomic mass is 35.5. The topological polar surface area (TPSA) is 42.2 Å². The third-order valence-corrected chi connectivity index (χ3v) is 3.31. The van der Waals surface area contributed by atoms with Crippen LogP contribution in [-0.2, 0) is 0 Å². The first-order valence-corrected chi connectivity index (χ1v) is 5.86. The Kier molecular flexibility index (Phi) is 2.33. The Hall–Kier alpha value is -1.13. The van der Waals surface area contributed by atoms with Crippen LogP contribution < -0.4 is 5.32 Å². The first-order chi connectivity index (χ1) is 7.75. The summed E-state index contributed by atoms with van der Waals surface area (Å²) in [6, 6.07) is 3.69. The smallest absolute Gasteiger partial charge is 0.154 e. The number of aryl methyl sites for hydroxylation is 1. The molecule has 5 heteroatoms. The van der Waals surface area contributed by atoms with Crippen LogP contribution in [0.25, 0.3) is 5.65 Å². The van der Waals surface area contributed by atoms with Gasteiger partial charge in [0.1, 0.15) is 5.15 Å². The van der Waals surface area contributed by atoms with E-state index in [9.17, 15) is 0 Å². The minimum Gasteiger partial charge on any atom is -0.316 e. The number of hydrogen-bond acceptors (Lipinski definition) is 3. The molecule has 0 radical (unpaired) electrons. The number of rotatable bonds is 1. The molecule has 3 rings (SSSR count). The molecule has 1 N–H and O–H groups in total. The van der Waals surface area contributed by atoms with Gasteiger partial charge in [-0.2, -0.15) is 5.10 Å². The number of fused-ring (bicyclic) bond motifs is 1. The molecule has 0 aliphatic carbocycles. The lowest BCUT2D eigenvalue weighted by Crippen LogP contribution is -2.11. The van der Waals surface area contributed by atoms with Crippen molar-refractivity contribution in [1.82, 2.24) is 19.9 Å². The van der Waals surface area contributed by atoms with E-state index in [1.54, 1.807) is 6.07 Å². The molecule has 0 saturated carbocycles. The van der Waals surface area contributed by atoms with Crippen LogP contribution in [-0.4, -0.2) is 27.7 Å². The molecule has 84 valence electrons. The quantitative estimate of drug-likeness (QED) is 0.821. The molecule has 0 spiro atoms. The van der Waals surface area contributed by atoms with Crippen LogP contribution >= 0.6 is 11.6 Å². The van der Waals surface area contributed by atoms with E-state index in [1.807, 2.05) is 17.5 Å². The zero-order valence-electron chi connectivity index (χ0n) is 9.07. The summed E-state index contributed by atoms with van der Waals surface area (Å²) in [5, 5.41) is 8.21. The minimum atomic E-state index is 0.501. The van der Waals surface area contributed by atoms with Crippen molar-refractivity contribution in [2.24, 2.45) is 0 Å². The Morgan fingerprint density at radius 3 is 3.12 bits per heavy atom. The largest absolute Gasteiger partial charge is 0.316 e. The fourth-order valence-corrected chi connectivity index (χ4v) is 2.53. The Balaban J connectivity index is 2.20. The maximum absolute atomic E-state index is 5.93. The van der Waals surface area contributed by atoms with E-state index >= 15 is 0 Å². The SMILES string of the molecule is Cc1nc2ccc(Cl)nn2c1C1CCNC1. The number of imidazole rings is 1. The first-order valence-electron chi connectivity index (χ1n) is 5.48. The predicted molar refractivity (Wildman–Crippen MR) is 63.0 cm³/mol. The van der Waals surface area contributed by atoms with Gasteiger partial charge in [-0.25, -0.2) is 9.50 Å². The minimum absolute atomic E-state index is 0.501. The van der Waals surface area contributed by atoms with Gasteiger partial charge in [-0.05, 0) is 32.0 Å². The Bertz CT molecular complexity index is 528. The van der Waals surface area contributed by atoms with Crippen molar-refractivity contribution < 1.29 is 0 Å². The fraction of sp³-hybridized carbons (Fsp3) is 0.455. The fourth-order valence-electron chi connectivity index (χ4n) is 2.39. The van der Waals surface area contributed by atoms with Gasteiger partial charge in [0.15, 0.2) is 5.65 Å².